The van der Waals surface area contributed by atoms with Crippen LogP contribution in [0, 0.1) is 0 Å². The van der Waals surface area contributed by atoms with Crippen LogP contribution in [0.5, 0.6) is 0 Å². The summed E-state index contributed by atoms with van der Waals surface area (Å²) < 4.78 is 0. The fourth-order valence-corrected chi connectivity index (χ4v) is 3.94. The number of carboxylic acids is 1. The highest BCUT2D eigenvalue weighted by Gasteiger charge is 2.29. The van der Waals surface area contributed by atoms with Gasteiger partial charge in [0.05, 0.1) is 0 Å². The van der Waals surface area contributed by atoms with Crippen LogP contribution in [-0.2, 0) is 11.2 Å². The van der Waals surface area contributed by atoms with Crippen molar-refractivity contribution < 1.29 is 9.90 Å². The van der Waals surface area contributed by atoms with Gasteiger partial charge in [-0.3, -0.25) is 14.6 Å². The van der Waals surface area contributed by atoms with Crippen molar-refractivity contribution in [1.29, 1.82) is 0 Å². The molecule has 0 bridgehead atoms. The lowest BCUT2D eigenvalue weighted by Gasteiger charge is -2.26. The zero-order chi connectivity index (χ0) is 24.2. The first-order chi connectivity index (χ1) is 16.4. The Hall–Kier alpha value is -4.27. The Morgan fingerprint density at radius 1 is 1.03 bits per heavy atom. The monoisotopic (exact) mass is 459 g/mol. The topological polar surface area (TPSA) is 125 Å². The number of hydrogen-bond donors (Lipinski definition) is 3. The van der Waals surface area contributed by atoms with Crippen LogP contribution in [0.3, 0.4) is 0 Å². The lowest BCUT2D eigenvalue weighted by molar-refractivity contribution is -0.137. The molecule has 0 amide bonds. The molecule has 0 fully saturated rings. The summed E-state index contributed by atoms with van der Waals surface area (Å²) in [6.07, 6.45) is 5.33. The van der Waals surface area contributed by atoms with E-state index in [0.29, 0.717) is 18.9 Å². The smallest absolute Gasteiger partial charge is 0.326 e. The summed E-state index contributed by atoms with van der Waals surface area (Å²) in [6, 6.07) is 10.1. The van der Waals surface area contributed by atoms with Gasteiger partial charge >= 0.3 is 5.97 Å². The minimum atomic E-state index is -1.10. The molecule has 0 aliphatic carbocycles. The molecule has 4 rings (SSSR count). The van der Waals surface area contributed by atoms with Crippen LogP contribution in [-0.4, -0.2) is 40.2 Å². The molecule has 0 aliphatic rings. The normalized spacial score (nSPS) is 11.9. The molecule has 0 radical (unpaired) electrons. The van der Waals surface area contributed by atoms with E-state index in [4.69, 9.17) is 0 Å². The minimum Gasteiger partial charge on any atom is -0.480 e. The number of benzene rings is 1. The second-order valence-corrected chi connectivity index (χ2v) is 7.87. The number of carboxylic acid groups (broad SMARTS) is 1. The molecule has 9 heteroatoms. The number of hydrogen-bond acceptors (Lipinski definition) is 8. The van der Waals surface area contributed by atoms with Crippen LogP contribution in [0.4, 0.5) is 22.9 Å². The molecule has 2 aromatic carbocycles. The predicted molar refractivity (Wildman–Crippen MR) is 133 cm³/mol. The van der Waals surface area contributed by atoms with Crippen LogP contribution in [0.25, 0.3) is 10.8 Å². The van der Waals surface area contributed by atoms with Gasteiger partial charge in [0.25, 0.3) is 10.9 Å². The number of carbonyl (C=O) groups is 1. The third-order valence-corrected chi connectivity index (χ3v) is 5.81. The zero-order valence-electron chi connectivity index (χ0n) is 18.9. The highest BCUT2D eigenvalue weighted by Crippen LogP contribution is 2.25. The number of nitrogens with one attached hydrogen (secondary N) is 2. The molecule has 0 saturated heterocycles. The Labute approximate surface area is 195 Å². The van der Waals surface area contributed by atoms with Crippen molar-refractivity contribution in [2.75, 3.05) is 28.6 Å². The van der Waals surface area contributed by atoms with Gasteiger partial charge in [-0.15, -0.1) is 0 Å². The van der Waals surface area contributed by atoms with Gasteiger partial charge in [0.1, 0.15) is 23.2 Å². The number of pyridine rings is 2. The molecule has 174 valence electrons. The first-order valence-corrected chi connectivity index (χ1v) is 11.0. The van der Waals surface area contributed by atoms with Gasteiger partial charge in [-0.1, -0.05) is 12.1 Å². The molecule has 9 nitrogen and oxygen atoms in total. The van der Waals surface area contributed by atoms with Crippen LogP contribution < -0.4 is 26.4 Å². The lowest BCUT2D eigenvalue weighted by atomic mass is 10.0. The van der Waals surface area contributed by atoms with Gasteiger partial charge in [0.2, 0.25) is 0 Å². The standard InChI is InChI=1S/C25H25N5O4/c1-3-30(4-2)21-20(22(31)23(21)32)29-19(25(33)34)13-15-5-7-17(8-6-15)28-24-18-14-26-11-9-16(18)10-12-27-24/h5-12,14,19,29H,3-4,13H2,1-2H3,(H,27,28)(H,33,34)/t19-/m0/s1. The third-order valence-electron chi connectivity index (χ3n) is 5.81. The second-order valence-electron chi connectivity index (χ2n) is 7.87. The van der Waals surface area contributed by atoms with E-state index < -0.39 is 22.9 Å². The van der Waals surface area contributed by atoms with Crippen LogP contribution in [0.2, 0.25) is 0 Å². The number of rotatable bonds is 10. The van der Waals surface area contributed by atoms with E-state index in [1.54, 1.807) is 23.5 Å². The molecule has 0 spiro atoms. The van der Waals surface area contributed by atoms with E-state index in [2.05, 4.69) is 20.6 Å². The van der Waals surface area contributed by atoms with Crippen molar-refractivity contribution in [1.82, 2.24) is 9.97 Å². The number of nitrogens with zero attached hydrogens (tertiary/aromatic N) is 3. The van der Waals surface area contributed by atoms with Crippen molar-refractivity contribution in [2.45, 2.75) is 26.3 Å². The first-order valence-electron chi connectivity index (χ1n) is 11.0. The summed E-state index contributed by atoms with van der Waals surface area (Å²) in [5, 5.41) is 17.7. The van der Waals surface area contributed by atoms with Gasteiger partial charge in [-0.05, 0) is 49.1 Å². The molecule has 0 unspecified atom stereocenters. The maximum atomic E-state index is 12.1. The Kier molecular flexibility index (Phi) is 6.53. The van der Waals surface area contributed by atoms with Crippen molar-refractivity contribution in [2.24, 2.45) is 0 Å². The van der Waals surface area contributed by atoms with E-state index in [1.807, 2.05) is 50.2 Å². The number of fused-ring (bicyclic) bond motifs is 1. The van der Waals surface area contributed by atoms with Gasteiger partial charge in [0.15, 0.2) is 0 Å². The van der Waals surface area contributed by atoms with Gasteiger partial charge < -0.3 is 20.6 Å². The highest BCUT2D eigenvalue weighted by atomic mass is 16.4. The Bertz CT molecular complexity index is 1380. The van der Waals surface area contributed by atoms with E-state index in [-0.39, 0.29) is 17.8 Å². The van der Waals surface area contributed by atoms with Crippen LogP contribution >= 0.6 is 0 Å². The van der Waals surface area contributed by atoms with E-state index in [1.165, 1.54) is 0 Å². The molecule has 0 aliphatic heterocycles. The first kappa shape index (κ1) is 22.9. The number of aliphatic carboxylic acids is 1. The Morgan fingerprint density at radius 3 is 2.41 bits per heavy atom. The fraction of sp³-hybridized carbons (Fsp3) is 0.240. The van der Waals surface area contributed by atoms with Crippen LogP contribution in [0.15, 0.2) is 64.6 Å². The van der Waals surface area contributed by atoms with Crippen molar-refractivity contribution in [3.05, 3.63) is 81.0 Å². The summed E-state index contributed by atoms with van der Waals surface area (Å²) >= 11 is 0. The molecule has 34 heavy (non-hydrogen) atoms. The predicted octanol–water partition coefficient (Wildman–Crippen LogP) is 2.92. The summed E-state index contributed by atoms with van der Waals surface area (Å²) in [4.78, 5) is 46.4. The van der Waals surface area contributed by atoms with Crippen molar-refractivity contribution >= 4 is 39.6 Å². The quantitative estimate of drug-likeness (QED) is 0.307. The zero-order valence-corrected chi connectivity index (χ0v) is 18.9. The van der Waals surface area contributed by atoms with Gasteiger partial charge in [-0.25, -0.2) is 9.78 Å². The lowest BCUT2D eigenvalue weighted by Crippen LogP contribution is -2.45. The van der Waals surface area contributed by atoms with E-state index in [0.717, 1.165) is 22.0 Å². The minimum absolute atomic E-state index is 0.0787. The maximum absolute atomic E-state index is 12.1. The SMILES string of the molecule is CCN(CC)c1c(N[C@@H](Cc2ccc(Nc3nccc4ccncc34)cc2)C(=O)O)c(=O)c1=O. The molecular formula is C25H25N5O4. The third kappa shape index (κ3) is 4.45. The molecule has 2 heterocycles. The van der Waals surface area contributed by atoms with Crippen molar-refractivity contribution in [3.8, 4) is 0 Å². The Morgan fingerprint density at radius 2 is 1.74 bits per heavy atom. The average Bonchev–Trinajstić information content (AvgIpc) is 2.86. The summed E-state index contributed by atoms with van der Waals surface area (Å²) in [6.45, 7) is 4.84. The molecule has 3 N–H and O–H groups in total. The Balaban J connectivity index is 1.50. The summed E-state index contributed by atoms with van der Waals surface area (Å²) in [5.41, 5.74) is 0.639. The largest absolute Gasteiger partial charge is 0.480 e. The second kappa shape index (κ2) is 9.70. The van der Waals surface area contributed by atoms with Crippen molar-refractivity contribution in [3.63, 3.8) is 0 Å². The summed E-state index contributed by atoms with van der Waals surface area (Å²) in [7, 11) is 0. The van der Waals surface area contributed by atoms with E-state index >= 15 is 0 Å². The van der Waals surface area contributed by atoms with Gasteiger partial charge in [0, 0.05) is 49.2 Å². The molecular weight excluding hydrogens is 434 g/mol. The van der Waals surface area contributed by atoms with E-state index in [9.17, 15) is 19.5 Å². The molecule has 1 atom stereocenters. The number of aromatic nitrogens is 2. The fourth-order valence-electron chi connectivity index (χ4n) is 3.94. The molecule has 2 aromatic heterocycles. The average molecular weight is 460 g/mol. The maximum Gasteiger partial charge on any atom is 0.326 e. The highest BCUT2D eigenvalue weighted by molar-refractivity contribution is 5.92. The summed E-state index contributed by atoms with van der Waals surface area (Å²) in [5.74, 6) is -0.430. The molecule has 4 aromatic rings. The van der Waals surface area contributed by atoms with Crippen LogP contribution in [0.1, 0.15) is 19.4 Å². The van der Waals surface area contributed by atoms with Gasteiger partial charge in [-0.2, -0.15) is 0 Å². The molecule has 0 saturated carbocycles. The number of anilines is 4.